The van der Waals surface area contributed by atoms with Gasteiger partial charge in [-0.1, -0.05) is 107 Å². The van der Waals surface area contributed by atoms with Crippen molar-refractivity contribution < 1.29 is 74.4 Å². The SMILES string of the molecule is CCCCOc1c(Sc2cccc[n+]2C)c(Sc2cccc[n+]2C)c(OCCCC)c2c1-c1nc-2nc2[nH]c(nc3nc(nc4[nH]c(n1)c1c(OCCCC)c(Sc5cccc[n+]5C)c(Sc5cccc[n+]5C)c(OCCCC)c41)-c1c(OCCCC)c(Sc4cccc[n+]4C)c(Sc4cccc[n+]4C)c(OCCCC)c1-3)c1c(OCCCC)c(Sc3cccc[n+]3C)c(Sc3cccc[n+]3C)c(OCCCC)c21. The second kappa shape index (κ2) is 49.7. The maximum Gasteiger partial charge on any atom is 0.244 e. The first-order valence-electron chi connectivity index (χ1n) is 50.3. The molecule has 2 aliphatic heterocycles. The van der Waals surface area contributed by atoms with Crippen molar-refractivity contribution in [2.45, 2.75) is 237 Å². The molecular formula is C112H130N16O8S8+8. The van der Waals surface area contributed by atoms with Gasteiger partial charge in [-0.05, 0) is 194 Å². The van der Waals surface area contributed by atoms with Gasteiger partial charge in [0.1, 0.15) is 125 Å². The highest BCUT2D eigenvalue weighted by Crippen LogP contribution is 2.63. The number of pyridine rings is 8. The van der Waals surface area contributed by atoms with E-state index in [0.29, 0.717) is 165 Å². The molecule has 0 amide bonds. The van der Waals surface area contributed by atoms with Crippen LogP contribution in [0.2, 0.25) is 0 Å². The number of aryl methyl sites for hydroxylation is 8. The van der Waals surface area contributed by atoms with Crippen molar-refractivity contribution in [2.75, 3.05) is 52.9 Å². The Kier molecular flexibility index (Phi) is 35.9. The third kappa shape index (κ3) is 23.0. The van der Waals surface area contributed by atoms with E-state index >= 15 is 0 Å². The number of unbranched alkanes of at least 4 members (excludes halogenated alkanes) is 8. The molecule has 15 aromatic rings. The van der Waals surface area contributed by atoms with Gasteiger partial charge in [-0.2, -0.15) is 36.5 Å². The van der Waals surface area contributed by atoms with Crippen LogP contribution in [0.1, 0.15) is 158 Å². The molecule has 32 heteroatoms. The van der Waals surface area contributed by atoms with Gasteiger partial charge in [-0.15, -0.1) is 0 Å². The number of ether oxygens (including phenoxy) is 8. The molecule has 0 radical (unpaired) electrons. The first kappa shape index (κ1) is 104. The number of fused-ring (bicyclic) bond motifs is 20. The molecule has 13 heterocycles. The summed E-state index contributed by atoms with van der Waals surface area (Å²) in [5, 5.41) is 9.91. The Hall–Kier alpha value is -11.4. The van der Waals surface area contributed by atoms with Gasteiger partial charge in [0, 0.05) is 97.1 Å². The number of benzene rings is 4. The maximum atomic E-state index is 7.81. The average Bonchev–Trinajstić information content (AvgIpc) is 1.55. The van der Waals surface area contributed by atoms with Gasteiger partial charge in [-0.3, -0.25) is 0 Å². The van der Waals surface area contributed by atoms with E-state index in [1.54, 1.807) is 94.1 Å². The molecule has 2 aliphatic rings. The minimum Gasteiger partial charge on any atom is -0.492 e. The number of rotatable bonds is 48. The summed E-state index contributed by atoms with van der Waals surface area (Å²) in [6.07, 6.45) is 29.1. The number of nitrogens with one attached hydrogen (secondary N) is 2. The Morgan fingerprint density at radius 3 is 0.493 bits per heavy atom. The first-order chi connectivity index (χ1) is 70.5. The van der Waals surface area contributed by atoms with Crippen molar-refractivity contribution in [1.82, 2.24) is 39.9 Å². The summed E-state index contributed by atoms with van der Waals surface area (Å²) in [7, 11) is 16.7. The van der Waals surface area contributed by atoms with Crippen molar-refractivity contribution in [1.29, 1.82) is 0 Å². The van der Waals surface area contributed by atoms with Gasteiger partial charge in [0.05, 0.1) is 136 Å². The van der Waals surface area contributed by atoms with E-state index in [-0.39, 0.29) is 23.3 Å². The summed E-state index contributed by atoms with van der Waals surface area (Å²) in [6.45, 7) is 20.2. The second-order valence-corrected chi connectivity index (χ2v) is 43.8. The van der Waals surface area contributed by atoms with Crippen LogP contribution in [0, 0.1) is 0 Å². The largest absolute Gasteiger partial charge is 0.492 e. The van der Waals surface area contributed by atoms with Crippen LogP contribution in [0.3, 0.4) is 0 Å². The molecule has 4 aromatic carbocycles. The van der Waals surface area contributed by atoms with Crippen LogP contribution in [0.4, 0.5) is 0 Å². The van der Waals surface area contributed by atoms with E-state index in [2.05, 4.69) is 353 Å². The third-order valence-electron chi connectivity index (χ3n) is 24.6. The average molecular weight is 2080 g/mol. The molecule has 0 saturated heterocycles. The normalized spacial score (nSPS) is 11.7. The van der Waals surface area contributed by atoms with Crippen LogP contribution in [-0.4, -0.2) is 92.7 Å². The van der Waals surface area contributed by atoms with Crippen LogP contribution < -0.4 is 74.4 Å². The highest BCUT2D eigenvalue weighted by Gasteiger charge is 2.43. The van der Waals surface area contributed by atoms with Crippen molar-refractivity contribution in [3.63, 3.8) is 0 Å². The van der Waals surface area contributed by atoms with Crippen LogP contribution >= 0.6 is 94.1 Å². The lowest BCUT2D eigenvalue weighted by Gasteiger charge is -2.22. The first-order valence-corrected chi connectivity index (χ1v) is 56.8. The summed E-state index contributed by atoms with van der Waals surface area (Å²) in [5.41, 5.74) is 3.66. The second-order valence-electron chi connectivity index (χ2n) is 35.5. The smallest absolute Gasteiger partial charge is 0.244 e. The summed E-state index contributed by atoms with van der Waals surface area (Å²) in [4.78, 5) is 52.2. The Morgan fingerprint density at radius 1 is 0.201 bits per heavy atom. The van der Waals surface area contributed by atoms with Gasteiger partial charge in [0.2, 0.25) is 40.2 Å². The van der Waals surface area contributed by atoms with Gasteiger partial charge in [0.15, 0.2) is 72.9 Å². The van der Waals surface area contributed by atoms with Gasteiger partial charge < -0.3 is 47.9 Å². The Labute approximate surface area is 878 Å². The molecule has 0 saturated carbocycles. The molecule has 0 unspecified atom stereocenters. The standard InChI is InChI=1S/C112H130N16O8S8/c1-17-25-65-129-89-81-82(90(130-66-26-18-2)98(138-74-50-34-42-58-122(74)10)97(89)137-73-49-33-41-57-121(73)9)106-113-105(81)117-107-83-84(92(132-68-28-20-4)100(140-76-52-36-44-60-124(76)12)99(91(83)131-67-27-19-3)139-75-51-35-43-59-123(75)11)109(114-107)119-111-87-88(96(136-72-32-24-8)104(144-80-56-40-48-64-128(80)16)103(95(87)135-71-31-23-7)143-79-55-39-47-63-127(79)15)112(116-111)120-110-86-85(108(115-110)118-106)93(133-69-29-21-5)101(141-77-53-37-45-61-125(77)13)102(94(86)134-70-30-22-6)142-78-54-38-46-62-126(78)14/h33-64H,17-32,65-72H2,1-16H3,(H2,113,114,115,116,117,118,119,120)/q+8. The zero-order valence-corrected chi connectivity index (χ0v) is 91.8. The lowest BCUT2D eigenvalue weighted by Crippen LogP contribution is -2.30. The Morgan fingerprint density at radius 2 is 0.347 bits per heavy atom. The fraction of sp³-hybridized carbons (Fsp3) is 0.357. The lowest BCUT2D eigenvalue weighted by molar-refractivity contribution is -0.709. The minimum absolute atomic E-state index is 0.267. The molecule has 17 rings (SSSR count). The highest BCUT2D eigenvalue weighted by molar-refractivity contribution is 8.03. The predicted molar refractivity (Wildman–Crippen MR) is 573 cm³/mol. The number of nitrogens with zero attached hydrogens (tertiary/aromatic N) is 14. The van der Waals surface area contributed by atoms with Gasteiger partial charge in [0.25, 0.3) is 0 Å². The number of H-pyrrole nitrogens is 2. The minimum atomic E-state index is 0.267. The Bertz CT molecular complexity index is 6510. The molecule has 8 bridgehead atoms. The molecule has 0 fully saturated rings. The third-order valence-corrected chi connectivity index (χ3v) is 34.9. The molecular weight excluding hydrogens is 1950 g/mol. The molecule has 144 heavy (non-hydrogen) atoms. The topological polar surface area (TPSA) is 214 Å². The quantitative estimate of drug-likeness (QED) is 0.0268. The number of aromatic amines is 2. The summed E-state index contributed by atoms with van der Waals surface area (Å²) < 4.78 is 79.7. The fourth-order valence-electron chi connectivity index (χ4n) is 16.5. The van der Waals surface area contributed by atoms with Crippen molar-refractivity contribution in [2.24, 2.45) is 56.4 Å². The van der Waals surface area contributed by atoms with E-state index in [9.17, 15) is 0 Å². The van der Waals surface area contributed by atoms with Crippen molar-refractivity contribution >= 4 is 138 Å². The fourth-order valence-corrected chi connectivity index (χ4v) is 25.5. The molecule has 0 atom stereocenters. The van der Waals surface area contributed by atoms with Crippen LogP contribution in [-0.2, 0) is 56.4 Å². The van der Waals surface area contributed by atoms with E-state index in [0.717, 1.165) is 182 Å². The van der Waals surface area contributed by atoms with Crippen molar-refractivity contribution in [3.05, 3.63) is 195 Å². The number of hydrogen-bond donors (Lipinski definition) is 2. The molecule has 11 aromatic heterocycles. The summed E-state index contributed by atoms with van der Waals surface area (Å²) in [5.74, 6) is 5.48. The molecule has 2 N–H and O–H groups in total. The highest BCUT2D eigenvalue weighted by atomic mass is 32.2. The lowest BCUT2D eigenvalue weighted by atomic mass is 10.0. The van der Waals surface area contributed by atoms with E-state index < -0.39 is 0 Å². The molecule has 746 valence electrons. The van der Waals surface area contributed by atoms with Crippen LogP contribution in [0.15, 0.2) is 275 Å². The monoisotopic (exact) mass is 2080 g/mol. The Balaban J connectivity index is 1.20. The van der Waals surface area contributed by atoms with Crippen molar-refractivity contribution in [3.8, 4) is 91.5 Å². The summed E-state index contributed by atoms with van der Waals surface area (Å²) >= 11 is 12.9. The summed E-state index contributed by atoms with van der Waals surface area (Å²) in [6, 6.07) is 50.4. The van der Waals surface area contributed by atoms with Crippen LogP contribution in [0.25, 0.3) is 89.7 Å². The van der Waals surface area contributed by atoms with E-state index in [4.69, 9.17) is 67.8 Å². The molecule has 24 nitrogen and oxygen atoms in total. The zero-order chi connectivity index (χ0) is 100. The molecule has 0 spiro atoms. The van der Waals surface area contributed by atoms with Crippen LogP contribution in [0.5, 0.6) is 46.0 Å². The number of aromatic nitrogens is 16. The zero-order valence-electron chi connectivity index (χ0n) is 85.2. The maximum absolute atomic E-state index is 7.81. The van der Waals surface area contributed by atoms with Gasteiger partial charge >= 0.3 is 0 Å². The predicted octanol–water partition coefficient (Wildman–Crippen LogP) is 24.1. The van der Waals surface area contributed by atoms with E-state index in [1.807, 2.05) is 0 Å². The van der Waals surface area contributed by atoms with Gasteiger partial charge in [-0.25, -0.2) is 29.9 Å². The molecule has 0 aliphatic carbocycles. The number of hydrogen-bond acceptors (Lipinski definition) is 22. The van der Waals surface area contributed by atoms with E-state index in [1.165, 1.54) is 0 Å².